The maximum Gasteiger partial charge on any atom is 0.272 e. The molecule has 8 nitrogen and oxygen atoms in total. The fraction of sp³-hybridized carbons (Fsp3) is 0.500. The van der Waals surface area contributed by atoms with E-state index in [0.717, 1.165) is 11.3 Å². The van der Waals surface area contributed by atoms with Crippen LogP contribution < -0.4 is 10.1 Å². The van der Waals surface area contributed by atoms with Gasteiger partial charge in [-0.1, -0.05) is 0 Å². The lowest BCUT2D eigenvalue weighted by atomic mass is 10.1. The molecule has 2 heterocycles. The number of hydrogen-bond acceptors (Lipinski definition) is 7. The third-order valence-corrected chi connectivity index (χ3v) is 7.53. The summed E-state index contributed by atoms with van der Waals surface area (Å²) in [5.41, 5.74) is 1.69. The molecule has 164 valence electrons. The van der Waals surface area contributed by atoms with Gasteiger partial charge in [0.2, 0.25) is 0 Å². The van der Waals surface area contributed by atoms with Crippen molar-refractivity contribution in [2.45, 2.75) is 24.9 Å². The molecule has 1 saturated heterocycles. The number of aromatic nitrogens is 2. The highest BCUT2D eigenvalue weighted by Crippen LogP contribution is 2.31. The first-order valence-electron chi connectivity index (χ1n) is 9.72. The number of carbonyl (C=O) groups is 1. The highest BCUT2D eigenvalue weighted by Gasteiger charge is 2.32. The van der Waals surface area contributed by atoms with Gasteiger partial charge in [0.25, 0.3) is 5.91 Å². The molecule has 0 bridgehead atoms. The molecule has 0 unspecified atom stereocenters. The summed E-state index contributed by atoms with van der Waals surface area (Å²) < 4.78 is 30.9. The second-order valence-electron chi connectivity index (χ2n) is 7.28. The van der Waals surface area contributed by atoms with Gasteiger partial charge in [-0.2, -0.15) is 16.9 Å². The topological polar surface area (TPSA) is 111 Å². The number of nitrogens with zero attached hydrogens (tertiary/aromatic N) is 2. The molecule has 3 rings (SSSR count). The molecular formula is C20H27N3O5S2. The molecular weight excluding hydrogens is 426 g/mol. The van der Waals surface area contributed by atoms with Crippen LogP contribution in [0.4, 0.5) is 0 Å². The number of rotatable bonds is 9. The Kier molecular flexibility index (Phi) is 7.43. The average Bonchev–Trinajstić information content (AvgIpc) is 3.34. The Morgan fingerprint density at radius 2 is 2.13 bits per heavy atom. The normalized spacial score (nSPS) is 18.8. The lowest BCUT2D eigenvalue weighted by molar-refractivity contribution is 0.0909. The van der Waals surface area contributed by atoms with Crippen LogP contribution in [0, 0.1) is 0 Å². The maximum absolute atomic E-state index is 12.8. The van der Waals surface area contributed by atoms with Crippen LogP contribution in [0.5, 0.6) is 5.75 Å². The Morgan fingerprint density at radius 3 is 2.70 bits per heavy atom. The SMILES string of the molecule is COc1ccc(-c2cc(C(=O)N[C@@H](CO)CCSC)nn2[C@H]2CCS(=O)(=O)C2)cc1. The van der Waals surface area contributed by atoms with E-state index in [4.69, 9.17) is 4.74 Å². The molecule has 0 spiro atoms. The van der Waals surface area contributed by atoms with Gasteiger partial charge in [-0.3, -0.25) is 9.48 Å². The molecule has 1 aromatic carbocycles. The smallest absolute Gasteiger partial charge is 0.272 e. The van der Waals surface area contributed by atoms with Crippen LogP contribution in [0.25, 0.3) is 11.3 Å². The summed E-state index contributed by atoms with van der Waals surface area (Å²) in [5, 5.41) is 16.8. The van der Waals surface area contributed by atoms with E-state index >= 15 is 0 Å². The minimum atomic E-state index is -3.11. The molecule has 2 atom stereocenters. The van der Waals surface area contributed by atoms with Gasteiger partial charge in [0.15, 0.2) is 15.5 Å². The monoisotopic (exact) mass is 453 g/mol. The number of carbonyl (C=O) groups excluding carboxylic acids is 1. The highest BCUT2D eigenvalue weighted by atomic mass is 32.2. The van der Waals surface area contributed by atoms with Crippen LogP contribution in [0.15, 0.2) is 30.3 Å². The number of hydrogen-bond donors (Lipinski definition) is 2. The molecule has 0 aliphatic carbocycles. The lowest BCUT2D eigenvalue weighted by Gasteiger charge is -2.15. The number of nitrogens with one attached hydrogen (secondary N) is 1. The maximum atomic E-state index is 12.8. The van der Waals surface area contributed by atoms with E-state index in [1.54, 1.807) is 29.6 Å². The third-order valence-electron chi connectivity index (χ3n) is 5.13. The fourth-order valence-corrected chi connectivity index (χ4v) is 5.67. The number of aliphatic hydroxyl groups excluding tert-OH is 1. The van der Waals surface area contributed by atoms with Crippen LogP contribution in [0.3, 0.4) is 0 Å². The molecule has 1 amide bonds. The zero-order chi connectivity index (χ0) is 21.7. The zero-order valence-electron chi connectivity index (χ0n) is 17.1. The molecule has 0 saturated carbocycles. The van der Waals surface area contributed by atoms with Gasteiger partial charge < -0.3 is 15.2 Å². The van der Waals surface area contributed by atoms with E-state index < -0.39 is 9.84 Å². The van der Waals surface area contributed by atoms with Gasteiger partial charge in [-0.25, -0.2) is 8.42 Å². The summed E-state index contributed by atoms with van der Waals surface area (Å²) in [7, 11) is -1.53. The predicted octanol–water partition coefficient (Wildman–Crippen LogP) is 1.76. The first-order valence-corrected chi connectivity index (χ1v) is 12.9. The van der Waals surface area contributed by atoms with Gasteiger partial charge in [0.1, 0.15) is 5.75 Å². The molecule has 2 aromatic rings. The number of aliphatic hydroxyl groups is 1. The molecule has 1 aliphatic rings. The number of methoxy groups -OCH3 is 1. The van der Waals surface area contributed by atoms with Crippen molar-refractivity contribution in [3.8, 4) is 17.0 Å². The molecule has 10 heteroatoms. The van der Waals surface area contributed by atoms with Crippen molar-refractivity contribution < 1.29 is 23.1 Å². The third kappa shape index (κ3) is 5.35. The highest BCUT2D eigenvalue weighted by molar-refractivity contribution is 7.98. The first-order chi connectivity index (χ1) is 14.4. The van der Waals surface area contributed by atoms with Crippen molar-refractivity contribution >= 4 is 27.5 Å². The average molecular weight is 454 g/mol. The van der Waals surface area contributed by atoms with Crippen molar-refractivity contribution in [1.82, 2.24) is 15.1 Å². The predicted molar refractivity (Wildman–Crippen MR) is 118 cm³/mol. The van der Waals surface area contributed by atoms with E-state index in [1.807, 2.05) is 30.5 Å². The second kappa shape index (κ2) is 9.84. The van der Waals surface area contributed by atoms with Gasteiger partial charge in [-0.05, 0) is 55.2 Å². The van der Waals surface area contributed by atoms with Gasteiger partial charge in [0, 0.05) is 5.56 Å². The summed E-state index contributed by atoms with van der Waals surface area (Å²) in [4.78, 5) is 12.8. The summed E-state index contributed by atoms with van der Waals surface area (Å²) >= 11 is 1.64. The molecule has 2 N–H and O–H groups in total. The summed E-state index contributed by atoms with van der Waals surface area (Å²) in [6.45, 7) is -0.154. The Hall–Kier alpha value is -2.04. The number of thioether (sulfide) groups is 1. The van der Waals surface area contributed by atoms with Crippen LogP contribution in [-0.2, 0) is 9.84 Å². The van der Waals surface area contributed by atoms with E-state index in [9.17, 15) is 18.3 Å². The van der Waals surface area contributed by atoms with Crippen LogP contribution in [0.2, 0.25) is 0 Å². The zero-order valence-corrected chi connectivity index (χ0v) is 18.7. The van der Waals surface area contributed by atoms with Gasteiger partial charge in [0.05, 0.1) is 43.0 Å². The van der Waals surface area contributed by atoms with E-state index in [-0.39, 0.29) is 41.8 Å². The largest absolute Gasteiger partial charge is 0.497 e. The molecule has 0 radical (unpaired) electrons. The standard InChI is InChI=1S/C20H27N3O5S2/c1-28-17-5-3-14(4-6-17)19-11-18(20(25)21-15(12-24)7-9-29-2)22-23(19)16-8-10-30(26,27)13-16/h3-6,11,15-16,24H,7-10,12-13H2,1-2H3,(H,21,25)/t15-,16+/m1/s1. The number of ether oxygens (including phenoxy) is 1. The Labute approximate surface area is 180 Å². The summed E-state index contributed by atoms with van der Waals surface area (Å²) in [6, 6.07) is 8.32. The van der Waals surface area contributed by atoms with Crippen LogP contribution >= 0.6 is 11.8 Å². The van der Waals surface area contributed by atoms with Crippen molar-refractivity contribution in [1.29, 1.82) is 0 Å². The number of benzene rings is 1. The van der Waals surface area contributed by atoms with Crippen molar-refractivity contribution in [3.63, 3.8) is 0 Å². The molecule has 30 heavy (non-hydrogen) atoms. The minimum Gasteiger partial charge on any atom is -0.497 e. The molecule has 1 fully saturated rings. The Balaban J connectivity index is 1.92. The molecule has 1 aliphatic heterocycles. The van der Waals surface area contributed by atoms with Crippen molar-refractivity contribution in [2.75, 3.05) is 37.2 Å². The van der Waals surface area contributed by atoms with E-state index in [2.05, 4.69) is 10.4 Å². The van der Waals surface area contributed by atoms with Gasteiger partial charge in [-0.15, -0.1) is 0 Å². The quantitative estimate of drug-likeness (QED) is 0.595. The number of amides is 1. The summed E-state index contributed by atoms with van der Waals surface area (Å²) in [5.74, 6) is 1.25. The van der Waals surface area contributed by atoms with Crippen LogP contribution in [0.1, 0.15) is 29.4 Å². The lowest BCUT2D eigenvalue weighted by Crippen LogP contribution is -2.38. The van der Waals surface area contributed by atoms with Gasteiger partial charge >= 0.3 is 0 Å². The van der Waals surface area contributed by atoms with Crippen LogP contribution in [-0.4, -0.2) is 72.5 Å². The number of sulfone groups is 1. The van der Waals surface area contributed by atoms with Crippen molar-refractivity contribution in [2.24, 2.45) is 0 Å². The van der Waals surface area contributed by atoms with E-state index in [1.165, 1.54) is 0 Å². The minimum absolute atomic E-state index is 0.00584. The fourth-order valence-electron chi connectivity index (χ4n) is 3.46. The molecule has 1 aromatic heterocycles. The first kappa shape index (κ1) is 22.6. The van der Waals surface area contributed by atoms with E-state index in [0.29, 0.717) is 24.3 Å². The Morgan fingerprint density at radius 1 is 1.40 bits per heavy atom. The second-order valence-corrected chi connectivity index (χ2v) is 10.5. The summed E-state index contributed by atoms with van der Waals surface area (Å²) in [6.07, 6.45) is 3.08. The van der Waals surface area contributed by atoms with Crippen molar-refractivity contribution in [3.05, 3.63) is 36.0 Å². The Bertz CT molecular complexity index is 973.